The molecule has 0 amide bonds. The van der Waals surface area contributed by atoms with Crippen LogP contribution in [0.2, 0.25) is 0 Å². The Morgan fingerprint density at radius 1 is 1.47 bits per heavy atom. The van der Waals surface area contributed by atoms with Crippen LogP contribution in [0.5, 0.6) is 0 Å². The molecule has 15 heavy (non-hydrogen) atoms. The van der Waals surface area contributed by atoms with E-state index in [9.17, 15) is 0 Å². The van der Waals surface area contributed by atoms with E-state index in [1.807, 2.05) is 25.3 Å². The highest BCUT2D eigenvalue weighted by atomic mass is 15.4. The molecule has 0 aliphatic heterocycles. The molecule has 0 atom stereocenters. The van der Waals surface area contributed by atoms with Gasteiger partial charge in [0.25, 0.3) is 0 Å². The van der Waals surface area contributed by atoms with E-state index in [-0.39, 0.29) is 0 Å². The van der Waals surface area contributed by atoms with E-state index in [0.29, 0.717) is 5.92 Å². The van der Waals surface area contributed by atoms with Gasteiger partial charge in [0.2, 0.25) is 0 Å². The summed E-state index contributed by atoms with van der Waals surface area (Å²) in [6.07, 6.45) is 6.61. The minimum atomic E-state index is 0.655. The lowest BCUT2D eigenvalue weighted by atomic mass is 10.1. The van der Waals surface area contributed by atoms with Gasteiger partial charge in [-0.15, -0.1) is 0 Å². The molecular weight excluding hydrogens is 186 g/mol. The smallest absolute Gasteiger partial charge is 0.146 e. The van der Waals surface area contributed by atoms with Crippen molar-refractivity contribution in [2.45, 2.75) is 27.2 Å². The van der Waals surface area contributed by atoms with E-state index in [2.05, 4.69) is 24.9 Å². The summed E-state index contributed by atoms with van der Waals surface area (Å²) >= 11 is 0. The topological polar surface area (TPSA) is 42.1 Å². The Morgan fingerprint density at radius 2 is 2.20 bits per heavy atom. The molecule has 2 N–H and O–H groups in total. The normalized spacial score (nSPS) is 11.3. The molecule has 1 aromatic heterocycles. The number of hydrogen-bond acceptors (Lipinski definition) is 3. The molecule has 3 heteroatoms. The first-order valence-electron chi connectivity index (χ1n) is 5.25. The molecule has 0 fully saturated rings. The highest BCUT2D eigenvalue weighted by molar-refractivity contribution is 5.40. The molecule has 1 aromatic rings. The SMILES string of the molecule is C/C=C\N(N)c1ccc(CC(C)C)cn1. The van der Waals surface area contributed by atoms with Gasteiger partial charge >= 0.3 is 0 Å². The summed E-state index contributed by atoms with van der Waals surface area (Å²) in [7, 11) is 0. The lowest BCUT2D eigenvalue weighted by Gasteiger charge is -2.12. The molecule has 82 valence electrons. The zero-order valence-electron chi connectivity index (χ0n) is 9.64. The maximum Gasteiger partial charge on any atom is 0.146 e. The summed E-state index contributed by atoms with van der Waals surface area (Å²) in [5, 5.41) is 1.51. The van der Waals surface area contributed by atoms with Crippen molar-refractivity contribution < 1.29 is 0 Å². The van der Waals surface area contributed by atoms with Crippen molar-refractivity contribution in [3.8, 4) is 0 Å². The average Bonchev–Trinajstić information content (AvgIpc) is 2.18. The fraction of sp³-hybridized carbons (Fsp3) is 0.417. The Balaban J connectivity index is 2.71. The van der Waals surface area contributed by atoms with Crippen molar-refractivity contribution in [1.29, 1.82) is 0 Å². The van der Waals surface area contributed by atoms with Gasteiger partial charge in [0.1, 0.15) is 5.82 Å². The van der Waals surface area contributed by atoms with Crippen LogP contribution in [0.25, 0.3) is 0 Å². The Labute approximate surface area is 91.6 Å². The number of rotatable bonds is 4. The zero-order valence-corrected chi connectivity index (χ0v) is 9.64. The second-order valence-corrected chi connectivity index (χ2v) is 4.01. The van der Waals surface area contributed by atoms with E-state index >= 15 is 0 Å². The van der Waals surface area contributed by atoms with Gasteiger partial charge in [-0.1, -0.05) is 26.0 Å². The van der Waals surface area contributed by atoms with Crippen LogP contribution < -0.4 is 10.9 Å². The maximum atomic E-state index is 5.74. The van der Waals surface area contributed by atoms with Crippen LogP contribution in [-0.2, 0) is 6.42 Å². The Hall–Kier alpha value is -1.35. The first-order chi connectivity index (χ1) is 7.13. The van der Waals surface area contributed by atoms with Crippen molar-refractivity contribution in [2.75, 3.05) is 5.01 Å². The predicted octanol–water partition coefficient (Wildman–Crippen LogP) is 2.49. The molecular formula is C12H19N3. The summed E-state index contributed by atoms with van der Waals surface area (Å²) in [4.78, 5) is 4.30. The second kappa shape index (κ2) is 5.51. The Kier molecular flexibility index (Phi) is 4.31. The molecule has 3 nitrogen and oxygen atoms in total. The molecule has 0 spiro atoms. The average molecular weight is 205 g/mol. The molecule has 0 saturated carbocycles. The molecule has 0 radical (unpaired) electrons. The van der Waals surface area contributed by atoms with E-state index in [1.165, 1.54) is 10.6 Å². The third kappa shape index (κ3) is 3.72. The molecule has 0 aliphatic rings. The summed E-state index contributed by atoms with van der Waals surface area (Å²) < 4.78 is 0. The highest BCUT2D eigenvalue weighted by Gasteiger charge is 2.01. The van der Waals surface area contributed by atoms with Crippen molar-refractivity contribution in [1.82, 2.24) is 4.98 Å². The van der Waals surface area contributed by atoms with Gasteiger partial charge in [-0.2, -0.15) is 0 Å². The molecule has 0 aromatic carbocycles. The van der Waals surface area contributed by atoms with Crippen LogP contribution in [0.4, 0.5) is 5.82 Å². The Bertz CT molecular complexity index is 314. The van der Waals surface area contributed by atoms with Gasteiger partial charge in [-0.25, -0.2) is 10.8 Å². The van der Waals surface area contributed by atoms with Crippen LogP contribution in [0.3, 0.4) is 0 Å². The number of pyridine rings is 1. The minimum absolute atomic E-state index is 0.655. The lowest BCUT2D eigenvalue weighted by molar-refractivity contribution is 0.645. The monoisotopic (exact) mass is 205 g/mol. The van der Waals surface area contributed by atoms with Crippen LogP contribution in [0.15, 0.2) is 30.6 Å². The summed E-state index contributed by atoms with van der Waals surface area (Å²) in [5.41, 5.74) is 1.25. The van der Waals surface area contributed by atoms with Crippen molar-refractivity contribution in [3.63, 3.8) is 0 Å². The Morgan fingerprint density at radius 3 is 2.67 bits per heavy atom. The molecule has 1 rings (SSSR count). The van der Waals surface area contributed by atoms with Gasteiger partial charge in [-0.05, 0) is 30.9 Å². The van der Waals surface area contributed by atoms with Gasteiger partial charge in [0.15, 0.2) is 0 Å². The fourth-order valence-corrected chi connectivity index (χ4v) is 1.40. The van der Waals surface area contributed by atoms with E-state index < -0.39 is 0 Å². The van der Waals surface area contributed by atoms with Gasteiger partial charge in [0.05, 0.1) is 0 Å². The molecule has 0 saturated heterocycles. The zero-order chi connectivity index (χ0) is 11.3. The number of hydrogen-bond donors (Lipinski definition) is 1. The van der Waals surface area contributed by atoms with Crippen molar-refractivity contribution >= 4 is 5.82 Å². The van der Waals surface area contributed by atoms with Crippen LogP contribution >= 0.6 is 0 Å². The standard InChI is InChI=1S/C12H19N3/c1-4-7-15(13)12-6-5-11(9-14-12)8-10(2)3/h4-7,9-10H,8,13H2,1-3H3/b7-4-. The number of aromatic nitrogens is 1. The van der Waals surface area contributed by atoms with E-state index in [4.69, 9.17) is 5.84 Å². The summed E-state index contributed by atoms with van der Waals surface area (Å²) in [6.45, 7) is 6.32. The number of hydrazine groups is 1. The predicted molar refractivity (Wildman–Crippen MR) is 64.3 cm³/mol. The largest absolute Gasteiger partial charge is 0.270 e. The van der Waals surface area contributed by atoms with Crippen LogP contribution in [0.1, 0.15) is 26.3 Å². The van der Waals surface area contributed by atoms with E-state index in [1.54, 1.807) is 6.20 Å². The fourth-order valence-electron chi connectivity index (χ4n) is 1.40. The van der Waals surface area contributed by atoms with Crippen LogP contribution in [0, 0.1) is 5.92 Å². The lowest BCUT2D eigenvalue weighted by Crippen LogP contribution is -2.24. The first-order valence-corrected chi connectivity index (χ1v) is 5.25. The van der Waals surface area contributed by atoms with Gasteiger partial charge in [-0.3, -0.25) is 5.01 Å². The second-order valence-electron chi connectivity index (χ2n) is 4.01. The minimum Gasteiger partial charge on any atom is -0.270 e. The van der Waals surface area contributed by atoms with Gasteiger partial charge < -0.3 is 0 Å². The molecule has 0 aliphatic carbocycles. The number of nitrogens with zero attached hydrogens (tertiary/aromatic N) is 2. The molecule has 1 heterocycles. The molecule has 0 unspecified atom stereocenters. The third-order valence-corrected chi connectivity index (χ3v) is 2.03. The summed E-state index contributed by atoms with van der Waals surface area (Å²) in [5.74, 6) is 7.16. The quantitative estimate of drug-likeness (QED) is 0.606. The summed E-state index contributed by atoms with van der Waals surface area (Å²) in [6, 6.07) is 4.02. The number of nitrogens with two attached hydrogens (primary N) is 1. The first kappa shape index (κ1) is 11.7. The highest BCUT2D eigenvalue weighted by Crippen LogP contribution is 2.11. The number of allylic oxidation sites excluding steroid dienone is 1. The third-order valence-electron chi connectivity index (χ3n) is 2.03. The van der Waals surface area contributed by atoms with Crippen LogP contribution in [-0.4, -0.2) is 4.98 Å². The molecule has 0 bridgehead atoms. The van der Waals surface area contributed by atoms with E-state index in [0.717, 1.165) is 12.2 Å². The van der Waals surface area contributed by atoms with Crippen molar-refractivity contribution in [2.24, 2.45) is 11.8 Å². The maximum absolute atomic E-state index is 5.74. The number of anilines is 1. The van der Waals surface area contributed by atoms with Crippen molar-refractivity contribution in [3.05, 3.63) is 36.2 Å². The van der Waals surface area contributed by atoms with Gasteiger partial charge in [0, 0.05) is 12.4 Å².